The highest BCUT2D eigenvalue weighted by atomic mass is 16.5. The average molecular weight is 362 g/mol. The summed E-state index contributed by atoms with van der Waals surface area (Å²) in [6.45, 7) is 6.10. The molecule has 0 spiro atoms. The quantitative estimate of drug-likeness (QED) is 0.634. The van der Waals surface area contributed by atoms with Crippen molar-refractivity contribution in [2.45, 2.75) is 26.3 Å². The van der Waals surface area contributed by atoms with Gasteiger partial charge in [0.25, 0.3) is 0 Å². The van der Waals surface area contributed by atoms with Crippen LogP contribution in [0, 0.1) is 11.8 Å². The normalized spacial score (nSPS) is 17.9. The number of nitrogens with one attached hydrogen (secondary N) is 2. The van der Waals surface area contributed by atoms with Gasteiger partial charge in [-0.1, -0.05) is 26.0 Å². The first kappa shape index (κ1) is 20.0. The van der Waals surface area contributed by atoms with Crippen LogP contribution in [-0.2, 0) is 9.59 Å². The standard InChI is InChI=1S/C19H30N4O3/c1-13(2)18(20)19(25)22-11-17(24)21-10-14-8-9-23(12-14)15-6-4-5-7-16(15)26-3/h4-7,13-14,18H,8-12,20H2,1-3H3,(H,21,24)(H,22,25)/t14?,18-/m0/s1. The number of carbonyl (C=O) groups excluding carboxylic acids is 2. The summed E-state index contributed by atoms with van der Waals surface area (Å²) in [5.74, 6) is 0.791. The van der Waals surface area contributed by atoms with Gasteiger partial charge < -0.3 is 26.0 Å². The van der Waals surface area contributed by atoms with E-state index >= 15 is 0 Å². The van der Waals surface area contributed by atoms with Crippen LogP contribution in [0.25, 0.3) is 0 Å². The summed E-state index contributed by atoms with van der Waals surface area (Å²) in [4.78, 5) is 26.0. The topological polar surface area (TPSA) is 96.7 Å². The van der Waals surface area contributed by atoms with Crippen molar-refractivity contribution in [3.63, 3.8) is 0 Å². The first-order valence-corrected chi connectivity index (χ1v) is 9.10. The molecule has 4 N–H and O–H groups in total. The second kappa shape index (κ2) is 9.43. The van der Waals surface area contributed by atoms with Crippen LogP contribution in [0.3, 0.4) is 0 Å². The Kier molecular flexibility index (Phi) is 7.26. The van der Waals surface area contributed by atoms with Gasteiger partial charge in [0.2, 0.25) is 11.8 Å². The summed E-state index contributed by atoms with van der Waals surface area (Å²) in [7, 11) is 1.67. The monoisotopic (exact) mass is 362 g/mol. The highest BCUT2D eigenvalue weighted by Crippen LogP contribution is 2.31. The van der Waals surface area contributed by atoms with Gasteiger partial charge in [-0.2, -0.15) is 0 Å². The van der Waals surface area contributed by atoms with Gasteiger partial charge in [-0.15, -0.1) is 0 Å². The summed E-state index contributed by atoms with van der Waals surface area (Å²) < 4.78 is 5.42. The van der Waals surface area contributed by atoms with Crippen LogP contribution in [0.4, 0.5) is 5.69 Å². The zero-order valence-electron chi connectivity index (χ0n) is 15.8. The first-order chi connectivity index (χ1) is 12.4. The molecule has 7 nitrogen and oxygen atoms in total. The fourth-order valence-corrected chi connectivity index (χ4v) is 3.02. The van der Waals surface area contributed by atoms with Crippen molar-refractivity contribution in [1.82, 2.24) is 10.6 Å². The molecule has 0 radical (unpaired) electrons. The van der Waals surface area contributed by atoms with Gasteiger partial charge in [-0.25, -0.2) is 0 Å². The lowest BCUT2D eigenvalue weighted by Crippen LogP contribution is -2.47. The van der Waals surface area contributed by atoms with Crippen LogP contribution in [0.1, 0.15) is 20.3 Å². The van der Waals surface area contributed by atoms with Gasteiger partial charge in [0.05, 0.1) is 25.4 Å². The number of ether oxygens (including phenoxy) is 1. The largest absolute Gasteiger partial charge is 0.495 e. The number of hydrogen-bond donors (Lipinski definition) is 3. The van der Waals surface area contributed by atoms with Crippen molar-refractivity contribution in [3.8, 4) is 5.75 Å². The molecule has 1 aliphatic rings. The molecule has 0 saturated carbocycles. The van der Waals surface area contributed by atoms with E-state index in [1.54, 1.807) is 7.11 Å². The lowest BCUT2D eigenvalue weighted by molar-refractivity contribution is -0.127. The van der Waals surface area contributed by atoms with Crippen molar-refractivity contribution < 1.29 is 14.3 Å². The Bertz CT molecular complexity index is 621. The number of rotatable bonds is 8. The predicted octanol–water partition coefficient (Wildman–Crippen LogP) is 0.737. The maximum absolute atomic E-state index is 11.9. The zero-order valence-corrected chi connectivity index (χ0v) is 15.8. The van der Waals surface area contributed by atoms with E-state index in [1.807, 2.05) is 38.1 Å². The number of nitrogens with zero attached hydrogens (tertiary/aromatic N) is 1. The maximum atomic E-state index is 11.9. The first-order valence-electron chi connectivity index (χ1n) is 9.10. The summed E-state index contributed by atoms with van der Waals surface area (Å²) in [5, 5.41) is 5.48. The Morgan fingerprint density at radius 1 is 1.31 bits per heavy atom. The molecule has 144 valence electrons. The third-order valence-electron chi connectivity index (χ3n) is 4.74. The van der Waals surface area contributed by atoms with E-state index in [0.29, 0.717) is 12.5 Å². The molecule has 1 aromatic carbocycles. The highest BCUT2D eigenvalue weighted by molar-refractivity contribution is 5.87. The van der Waals surface area contributed by atoms with E-state index < -0.39 is 6.04 Å². The predicted molar refractivity (Wildman–Crippen MR) is 102 cm³/mol. The van der Waals surface area contributed by atoms with Crippen molar-refractivity contribution in [1.29, 1.82) is 0 Å². The van der Waals surface area contributed by atoms with Crippen molar-refractivity contribution >= 4 is 17.5 Å². The van der Waals surface area contributed by atoms with Crippen molar-refractivity contribution in [2.75, 3.05) is 38.2 Å². The minimum Gasteiger partial charge on any atom is -0.495 e. The van der Waals surface area contributed by atoms with E-state index in [2.05, 4.69) is 15.5 Å². The number of hydrogen-bond acceptors (Lipinski definition) is 5. The molecule has 1 fully saturated rings. The Balaban J connectivity index is 1.74. The SMILES string of the molecule is COc1ccccc1N1CCC(CNC(=O)CNC(=O)[C@@H](N)C(C)C)C1. The maximum Gasteiger partial charge on any atom is 0.239 e. The highest BCUT2D eigenvalue weighted by Gasteiger charge is 2.25. The van der Waals surface area contributed by atoms with Crippen LogP contribution in [0.5, 0.6) is 5.75 Å². The molecule has 0 aromatic heterocycles. The Morgan fingerprint density at radius 2 is 2.04 bits per heavy atom. The molecule has 0 aliphatic carbocycles. The van der Waals surface area contributed by atoms with Gasteiger partial charge in [-0.3, -0.25) is 9.59 Å². The molecular formula is C19H30N4O3. The Morgan fingerprint density at radius 3 is 2.73 bits per heavy atom. The third-order valence-corrected chi connectivity index (χ3v) is 4.74. The molecule has 2 rings (SSSR count). The number of para-hydroxylation sites is 2. The number of carbonyl (C=O) groups is 2. The van der Waals surface area contributed by atoms with Crippen LogP contribution in [-0.4, -0.2) is 51.1 Å². The number of amides is 2. The van der Waals surface area contributed by atoms with E-state index in [-0.39, 0.29) is 24.3 Å². The molecule has 1 saturated heterocycles. The van der Waals surface area contributed by atoms with E-state index in [9.17, 15) is 9.59 Å². The number of anilines is 1. The van der Waals surface area contributed by atoms with E-state index in [0.717, 1.165) is 30.9 Å². The molecule has 0 bridgehead atoms. The van der Waals surface area contributed by atoms with Crippen molar-refractivity contribution in [3.05, 3.63) is 24.3 Å². The summed E-state index contributed by atoms with van der Waals surface area (Å²) in [6, 6.07) is 7.36. The zero-order chi connectivity index (χ0) is 19.1. The van der Waals surface area contributed by atoms with Gasteiger partial charge in [-0.05, 0) is 30.4 Å². The molecule has 2 atom stereocenters. The molecule has 26 heavy (non-hydrogen) atoms. The average Bonchev–Trinajstić information content (AvgIpc) is 3.12. The van der Waals surface area contributed by atoms with Gasteiger partial charge in [0.1, 0.15) is 5.75 Å². The van der Waals surface area contributed by atoms with Crippen LogP contribution < -0.4 is 26.0 Å². The minimum atomic E-state index is -0.591. The fraction of sp³-hybridized carbons (Fsp3) is 0.579. The molecular weight excluding hydrogens is 332 g/mol. The van der Waals surface area contributed by atoms with Gasteiger partial charge in [0, 0.05) is 19.6 Å². The van der Waals surface area contributed by atoms with Crippen LogP contribution >= 0.6 is 0 Å². The molecule has 1 heterocycles. The van der Waals surface area contributed by atoms with Crippen LogP contribution in [0.2, 0.25) is 0 Å². The lowest BCUT2D eigenvalue weighted by Gasteiger charge is -2.21. The Labute approximate surface area is 155 Å². The second-order valence-corrected chi connectivity index (χ2v) is 7.06. The van der Waals surface area contributed by atoms with Gasteiger partial charge >= 0.3 is 0 Å². The fourth-order valence-electron chi connectivity index (χ4n) is 3.02. The summed E-state index contributed by atoms with van der Waals surface area (Å²) in [6.07, 6.45) is 1.00. The smallest absolute Gasteiger partial charge is 0.239 e. The number of methoxy groups -OCH3 is 1. The van der Waals surface area contributed by atoms with Crippen LogP contribution in [0.15, 0.2) is 24.3 Å². The third kappa shape index (κ3) is 5.36. The van der Waals surface area contributed by atoms with Gasteiger partial charge in [0.15, 0.2) is 0 Å². The molecule has 1 aliphatic heterocycles. The molecule has 1 aromatic rings. The lowest BCUT2D eigenvalue weighted by atomic mass is 10.1. The summed E-state index contributed by atoms with van der Waals surface area (Å²) >= 11 is 0. The van der Waals surface area contributed by atoms with Crippen molar-refractivity contribution in [2.24, 2.45) is 17.6 Å². The molecule has 2 amide bonds. The molecule has 1 unspecified atom stereocenters. The summed E-state index contributed by atoms with van der Waals surface area (Å²) in [5.41, 5.74) is 6.84. The van der Waals surface area contributed by atoms with E-state index in [1.165, 1.54) is 0 Å². The van der Waals surface area contributed by atoms with E-state index in [4.69, 9.17) is 10.5 Å². The number of benzene rings is 1. The minimum absolute atomic E-state index is 0.0394. The Hall–Kier alpha value is -2.28. The second-order valence-electron chi connectivity index (χ2n) is 7.06. The molecule has 7 heteroatoms. The number of nitrogens with two attached hydrogens (primary N) is 1.